The Balaban J connectivity index is 1.78. The average Bonchev–Trinajstić information content (AvgIpc) is 2.67. The molecular weight excluding hydrogens is 334 g/mol. The van der Waals surface area contributed by atoms with Gasteiger partial charge in [-0.3, -0.25) is 4.79 Å². The van der Waals surface area contributed by atoms with E-state index < -0.39 is 0 Å². The number of carbonyl (C=O) groups is 1. The Labute approximate surface area is 133 Å². The highest BCUT2D eigenvalue weighted by molar-refractivity contribution is 9.09. The number of rotatable bonds is 4. The van der Waals surface area contributed by atoms with Gasteiger partial charge in [-0.2, -0.15) is 0 Å². The molecule has 110 valence electrons. The highest BCUT2D eigenvalue weighted by atomic mass is 79.9. The van der Waals surface area contributed by atoms with Crippen LogP contribution in [0.15, 0.2) is 6.07 Å². The van der Waals surface area contributed by atoms with Gasteiger partial charge in [0.05, 0.1) is 4.88 Å². The zero-order valence-corrected chi connectivity index (χ0v) is 14.3. The fourth-order valence-electron chi connectivity index (χ4n) is 3.15. The first kappa shape index (κ1) is 14.6. The smallest absolute Gasteiger partial charge is 0.264 e. The Morgan fingerprint density at radius 2 is 2.05 bits per heavy atom. The van der Waals surface area contributed by atoms with Crippen LogP contribution in [-0.2, 0) is 12.8 Å². The molecule has 2 nitrogen and oxygen atoms in total. The van der Waals surface area contributed by atoms with Gasteiger partial charge in [-0.25, -0.2) is 0 Å². The van der Waals surface area contributed by atoms with E-state index in [4.69, 9.17) is 0 Å². The number of aryl methyl sites for hydroxylation is 2. The van der Waals surface area contributed by atoms with E-state index in [0.717, 1.165) is 16.8 Å². The molecule has 0 radical (unpaired) electrons. The molecule has 0 saturated heterocycles. The van der Waals surface area contributed by atoms with Crippen LogP contribution in [0.25, 0.3) is 0 Å². The highest BCUT2D eigenvalue weighted by Crippen LogP contribution is 2.32. The molecule has 1 fully saturated rings. The van der Waals surface area contributed by atoms with Gasteiger partial charge in [-0.15, -0.1) is 11.3 Å². The maximum atomic E-state index is 12.8. The van der Waals surface area contributed by atoms with Crippen molar-refractivity contribution in [3.63, 3.8) is 0 Å². The zero-order chi connectivity index (χ0) is 13.9. The quantitative estimate of drug-likeness (QED) is 0.578. The summed E-state index contributed by atoms with van der Waals surface area (Å²) in [6, 6.07) is 2.68. The maximum absolute atomic E-state index is 12.8. The SMILES string of the molecule is O=C(c1cc2c(s1)CCCCC2)N(CCBr)C1CCC1. The molecule has 0 unspecified atom stereocenters. The van der Waals surface area contributed by atoms with Crippen LogP contribution in [0.3, 0.4) is 0 Å². The van der Waals surface area contributed by atoms with E-state index in [2.05, 4.69) is 26.9 Å². The predicted octanol–water partition coefficient (Wildman–Crippen LogP) is 4.41. The Kier molecular flexibility index (Phi) is 4.82. The van der Waals surface area contributed by atoms with Crippen molar-refractivity contribution in [1.82, 2.24) is 4.90 Å². The second-order valence-corrected chi connectivity index (χ2v) is 7.82. The summed E-state index contributed by atoms with van der Waals surface area (Å²) in [6.07, 6.45) is 9.89. The summed E-state index contributed by atoms with van der Waals surface area (Å²) in [4.78, 5) is 17.3. The molecule has 1 saturated carbocycles. The third kappa shape index (κ3) is 2.96. The van der Waals surface area contributed by atoms with Crippen molar-refractivity contribution in [2.24, 2.45) is 0 Å². The summed E-state index contributed by atoms with van der Waals surface area (Å²) in [7, 11) is 0. The Morgan fingerprint density at radius 1 is 1.25 bits per heavy atom. The molecule has 0 aliphatic heterocycles. The molecule has 0 atom stereocenters. The lowest BCUT2D eigenvalue weighted by atomic mass is 9.91. The number of amides is 1. The van der Waals surface area contributed by atoms with Gasteiger partial charge in [-0.05, 0) is 56.6 Å². The van der Waals surface area contributed by atoms with Crippen molar-refractivity contribution in [2.45, 2.75) is 57.4 Å². The van der Waals surface area contributed by atoms with Crippen molar-refractivity contribution in [1.29, 1.82) is 0 Å². The average molecular weight is 356 g/mol. The molecule has 4 heteroatoms. The Morgan fingerprint density at radius 3 is 2.75 bits per heavy atom. The first-order valence-electron chi connectivity index (χ1n) is 7.78. The van der Waals surface area contributed by atoms with Gasteiger partial charge in [0.25, 0.3) is 5.91 Å². The van der Waals surface area contributed by atoms with Crippen molar-refractivity contribution < 1.29 is 4.79 Å². The van der Waals surface area contributed by atoms with E-state index in [1.165, 1.54) is 61.8 Å². The minimum Gasteiger partial charge on any atom is -0.334 e. The van der Waals surface area contributed by atoms with E-state index in [0.29, 0.717) is 6.04 Å². The lowest BCUT2D eigenvalue weighted by Gasteiger charge is -2.37. The lowest BCUT2D eigenvalue weighted by Crippen LogP contribution is -2.44. The molecule has 3 rings (SSSR count). The summed E-state index contributed by atoms with van der Waals surface area (Å²) in [6.45, 7) is 0.839. The standard InChI is InChI=1S/C16H22BrNOS/c17-9-10-18(13-6-4-7-13)16(19)15-11-12-5-2-1-3-8-14(12)20-15/h11,13H,1-10H2. The zero-order valence-electron chi connectivity index (χ0n) is 11.9. The predicted molar refractivity (Wildman–Crippen MR) is 88.0 cm³/mol. The van der Waals surface area contributed by atoms with Gasteiger partial charge in [0.1, 0.15) is 0 Å². The van der Waals surface area contributed by atoms with Crippen molar-refractivity contribution in [3.05, 3.63) is 21.4 Å². The Hall–Kier alpha value is -0.350. The topological polar surface area (TPSA) is 20.3 Å². The number of fused-ring (bicyclic) bond motifs is 1. The molecule has 20 heavy (non-hydrogen) atoms. The number of hydrogen-bond acceptors (Lipinski definition) is 2. The van der Waals surface area contributed by atoms with E-state index in [-0.39, 0.29) is 5.91 Å². The number of hydrogen-bond donors (Lipinski definition) is 0. The van der Waals surface area contributed by atoms with Crippen LogP contribution in [0.5, 0.6) is 0 Å². The van der Waals surface area contributed by atoms with Crippen LogP contribution in [-0.4, -0.2) is 28.7 Å². The summed E-state index contributed by atoms with van der Waals surface area (Å²) in [5, 5.41) is 0.875. The van der Waals surface area contributed by atoms with Gasteiger partial charge < -0.3 is 4.90 Å². The second-order valence-electron chi connectivity index (χ2n) is 5.89. The third-order valence-corrected chi connectivity index (χ3v) is 6.14. The van der Waals surface area contributed by atoms with Crippen molar-refractivity contribution >= 4 is 33.2 Å². The fraction of sp³-hybridized carbons (Fsp3) is 0.688. The van der Waals surface area contributed by atoms with E-state index in [1.54, 1.807) is 11.3 Å². The number of alkyl halides is 1. The van der Waals surface area contributed by atoms with Crippen LogP contribution < -0.4 is 0 Å². The monoisotopic (exact) mass is 355 g/mol. The minimum atomic E-state index is 0.271. The summed E-state index contributed by atoms with van der Waals surface area (Å²) < 4.78 is 0. The Bertz CT molecular complexity index is 457. The molecule has 2 aliphatic carbocycles. The lowest BCUT2D eigenvalue weighted by molar-refractivity contribution is 0.0604. The molecular formula is C16H22BrNOS. The molecule has 0 spiro atoms. The van der Waals surface area contributed by atoms with E-state index in [1.807, 2.05) is 0 Å². The van der Waals surface area contributed by atoms with E-state index in [9.17, 15) is 4.79 Å². The normalized spacial score (nSPS) is 19.1. The second kappa shape index (κ2) is 6.61. The molecule has 0 N–H and O–H groups in total. The van der Waals surface area contributed by atoms with Gasteiger partial charge in [0.15, 0.2) is 0 Å². The van der Waals surface area contributed by atoms with Crippen LogP contribution in [0, 0.1) is 0 Å². The first-order chi connectivity index (χ1) is 9.79. The number of halogens is 1. The third-order valence-electron chi connectivity index (χ3n) is 4.56. The molecule has 0 aromatic carbocycles. The van der Waals surface area contributed by atoms with Gasteiger partial charge in [0, 0.05) is 22.8 Å². The van der Waals surface area contributed by atoms with Gasteiger partial charge in [0.2, 0.25) is 0 Å². The van der Waals surface area contributed by atoms with Gasteiger partial charge >= 0.3 is 0 Å². The summed E-state index contributed by atoms with van der Waals surface area (Å²) in [5.74, 6) is 0.271. The maximum Gasteiger partial charge on any atom is 0.264 e. The molecule has 0 bridgehead atoms. The summed E-state index contributed by atoms with van der Waals surface area (Å²) >= 11 is 5.25. The van der Waals surface area contributed by atoms with Crippen LogP contribution >= 0.6 is 27.3 Å². The summed E-state index contributed by atoms with van der Waals surface area (Å²) in [5.41, 5.74) is 1.45. The van der Waals surface area contributed by atoms with Crippen LogP contribution in [0.1, 0.15) is 58.6 Å². The number of thiophene rings is 1. The van der Waals surface area contributed by atoms with Crippen LogP contribution in [0.2, 0.25) is 0 Å². The minimum absolute atomic E-state index is 0.271. The van der Waals surface area contributed by atoms with E-state index >= 15 is 0 Å². The largest absolute Gasteiger partial charge is 0.334 e. The molecule has 1 amide bonds. The highest BCUT2D eigenvalue weighted by Gasteiger charge is 2.30. The van der Waals surface area contributed by atoms with Crippen molar-refractivity contribution in [3.8, 4) is 0 Å². The number of carbonyl (C=O) groups excluding carboxylic acids is 1. The van der Waals surface area contributed by atoms with Gasteiger partial charge in [-0.1, -0.05) is 22.4 Å². The fourth-order valence-corrected chi connectivity index (χ4v) is 4.75. The molecule has 1 aromatic heterocycles. The molecule has 1 aromatic rings. The molecule has 2 aliphatic rings. The molecule has 1 heterocycles. The number of nitrogens with zero attached hydrogens (tertiary/aromatic N) is 1. The van der Waals surface area contributed by atoms with Crippen LogP contribution in [0.4, 0.5) is 0 Å². The first-order valence-corrected chi connectivity index (χ1v) is 9.72. The van der Waals surface area contributed by atoms with Crippen molar-refractivity contribution in [2.75, 3.05) is 11.9 Å².